The average molecular weight is 253 g/mol. The summed E-state index contributed by atoms with van der Waals surface area (Å²) < 4.78 is 28.9. The molecule has 98 valence electrons. The normalized spacial score (nSPS) is 13.1. The number of nitrogens with zero attached hydrogens (tertiary/aromatic N) is 2. The van der Waals surface area contributed by atoms with Crippen LogP contribution in [0.2, 0.25) is 0 Å². The Morgan fingerprint density at radius 2 is 2.06 bits per heavy atom. The molecule has 0 aliphatic rings. The van der Waals surface area contributed by atoms with Gasteiger partial charge in [0.15, 0.2) is 11.6 Å². The molecule has 2 N–H and O–H groups in total. The molecule has 5 heteroatoms. The van der Waals surface area contributed by atoms with E-state index >= 15 is 0 Å². The number of hydrogen-bond donors (Lipinski definition) is 1. The minimum atomic E-state index is -0.869. The molecule has 0 aliphatic carbocycles. The van der Waals surface area contributed by atoms with Crippen molar-refractivity contribution in [2.45, 2.75) is 39.2 Å². The molecule has 1 atom stereocenters. The molecule has 3 nitrogen and oxygen atoms in total. The van der Waals surface area contributed by atoms with E-state index in [0.29, 0.717) is 5.52 Å². The third-order valence-corrected chi connectivity index (χ3v) is 3.23. The van der Waals surface area contributed by atoms with E-state index in [4.69, 9.17) is 5.73 Å². The summed E-state index contributed by atoms with van der Waals surface area (Å²) in [5, 5.41) is 0. The largest absolute Gasteiger partial charge is 0.369 e. The molecule has 0 bridgehead atoms. The second kappa shape index (κ2) is 4.92. The smallest absolute Gasteiger partial charge is 0.201 e. The number of halogens is 2. The molecule has 2 rings (SSSR count). The molecule has 2 aromatic rings. The highest BCUT2D eigenvalue weighted by atomic mass is 19.2. The molecular formula is C13H17F2N3. The van der Waals surface area contributed by atoms with Gasteiger partial charge in [-0.2, -0.15) is 0 Å². The molecule has 1 aromatic carbocycles. The Balaban J connectivity index is 2.68. The molecule has 1 heterocycles. The molecule has 1 aromatic heterocycles. The van der Waals surface area contributed by atoms with Gasteiger partial charge in [-0.25, -0.2) is 13.8 Å². The van der Waals surface area contributed by atoms with Gasteiger partial charge in [-0.3, -0.25) is 0 Å². The van der Waals surface area contributed by atoms with Crippen molar-refractivity contribution in [1.29, 1.82) is 0 Å². The van der Waals surface area contributed by atoms with Crippen molar-refractivity contribution >= 4 is 17.0 Å². The number of nitrogens with two attached hydrogens (primary N) is 1. The number of anilines is 1. The Morgan fingerprint density at radius 1 is 1.33 bits per heavy atom. The highest BCUT2D eigenvalue weighted by Gasteiger charge is 2.20. The summed E-state index contributed by atoms with van der Waals surface area (Å²) in [5.74, 6) is -1.49. The summed E-state index contributed by atoms with van der Waals surface area (Å²) in [4.78, 5) is 4.10. The van der Waals surface area contributed by atoms with Gasteiger partial charge in [0, 0.05) is 6.04 Å². The van der Waals surface area contributed by atoms with E-state index in [1.54, 1.807) is 4.57 Å². The lowest BCUT2D eigenvalue weighted by atomic mass is 10.1. The number of fused-ring (bicyclic) bond motifs is 1. The molecule has 0 fully saturated rings. The third-order valence-electron chi connectivity index (χ3n) is 3.23. The summed E-state index contributed by atoms with van der Waals surface area (Å²) in [7, 11) is 0. The summed E-state index contributed by atoms with van der Waals surface area (Å²) in [6.45, 7) is 4.05. The van der Waals surface area contributed by atoms with Crippen LogP contribution in [0.25, 0.3) is 11.0 Å². The molecular weight excluding hydrogens is 236 g/mol. The predicted molar refractivity (Wildman–Crippen MR) is 68.3 cm³/mol. The first-order chi connectivity index (χ1) is 8.60. The van der Waals surface area contributed by atoms with Crippen LogP contribution in [0.15, 0.2) is 12.1 Å². The molecule has 0 saturated carbocycles. The lowest BCUT2D eigenvalue weighted by Crippen LogP contribution is -2.12. The van der Waals surface area contributed by atoms with E-state index < -0.39 is 11.6 Å². The maximum atomic E-state index is 13.9. The topological polar surface area (TPSA) is 43.8 Å². The zero-order valence-electron chi connectivity index (χ0n) is 10.6. The molecule has 1 unspecified atom stereocenters. The van der Waals surface area contributed by atoms with Crippen LogP contribution in [0.5, 0.6) is 0 Å². The summed E-state index contributed by atoms with van der Waals surface area (Å²) >= 11 is 0. The lowest BCUT2D eigenvalue weighted by molar-refractivity contribution is 0.452. The number of aromatic nitrogens is 2. The molecule has 0 radical (unpaired) electrons. The minimum absolute atomic E-state index is 0.0521. The van der Waals surface area contributed by atoms with E-state index in [9.17, 15) is 8.78 Å². The van der Waals surface area contributed by atoms with E-state index in [1.807, 2.05) is 6.92 Å². The second-order valence-corrected chi connectivity index (χ2v) is 4.42. The zero-order chi connectivity index (χ0) is 13.3. The van der Waals surface area contributed by atoms with Gasteiger partial charge in [0.1, 0.15) is 5.52 Å². The Bertz CT molecular complexity index is 563. The van der Waals surface area contributed by atoms with Gasteiger partial charge in [0.2, 0.25) is 5.95 Å². The maximum absolute atomic E-state index is 13.9. The van der Waals surface area contributed by atoms with Crippen LogP contribution in [0.4, 0.5) is 14.7 Å². The Hall–Kier alpha value is -1.65. The Labute approximate surface area is 105 Å². The standard InChI is InChI=1S/C13H17F2N3/c1-3-5-8(4-2)18-12-10(17-13(18)16)7-6-9(14)11(12)15/h6-8H,3-5H2,1-2H3,(H2,16,17). The number of imidazole rings is 1. The molecule has 0 aliphatic heterocycles. The van der Waals surface area contributed by atoms with E-state index in [-0.39, 0.29) is 17.5 Å². The first-order valence-corrected chi connectivity index (χ1v) is 6.21. The predicted octanol–water partition coefficient (Wildman–Crippen LogP) is 3.65. The highest BCUT2D eigenvalue weighted by Crippen LogP contribution is 2.30. The van der Waals surface area contributed by atoms with Gasteiger partial charge < -0.3 is 10.3 Å². The molecule has 18 heavy (non-hydrogen) atoms. The van der Waals surface area contributed by atoms with E-state index in [1.165, 1.54) is 6.07 Å². The van der Waals surface area contributed by atoms with Crippen molar-refractivity contribution < 1.29 is 8.78 Å². The van der Waals surface area contributed by atoms with Gasteiger partial charge in [0.25, 0.3) is 0 Å². The van der Waals surface area contributed by atoms with Crippen molar-refractivity contribution in [2.24, 2.45) is 0 Å². The van der Waals surface area contributed by atoms with Crippen molar-refractivity contribution in [3.63, 3.8) is 0 Å². The first-order valence-electron chi connectivity index (χ1n) is 6.21. The highest BCUT2D eigenvalue weighted by molar-refractivity contribution is 5.79. The minimum Gasteiger partial charge on any atom is -0.369 e. The maximum Gasteiger partial charge on any atom is 0.201 e. The van der Waals surface area contributed by atoms with Gasteiger partial charge in [-0.05, 0) is 25.0 Å². The van der Waals surface area contributed by atoms with Crippen LogP contribution in [0, 0.1) is 11.6 Å². The van der Waals surface area contributed by atoms with E-state index in [0.717, 1.165) is 25.3 Å². The number of hydrogen-bond acceptors (Lipinski definition) is 2. The second-order valence-electron chi connectivity index (χ2n) is 4.42. The fraction of sp³-hybridized carbons (Fsp3) is 0.462. The molecule has 0 saturated heterocycles. The van der Waals surface area contributed by atoms with Crippen LogP contribution < -0.4 is 5.73 Å². The van der Waals surface area contributed by atoms with Crippen molar-refractivity contribution in [3.8, 4) is 0 Å². The third kappa shape index (κ3) is 1.94. The van der Waals surface area contributed by atoms with Gasteiger partial charge in [-0.1, -0.05) is 20.3 Å². The van der Waals surface area contributed by atoms with Crippen molar-refractivity contribution in [2.75, 3.05) is 5.73 Å². The number of rotatable bonds is 4. The van der Waals surface area contributed by atoms with Crippen LogP contribution in [-0.2, 0) is 0 Å². The quantitative estimate of drug-likeness (QED) is 0.903. The Morgan fingerprint density at radius 3 is 2.67 bits per heavy atom. The SMILES string of the molecule is CCCC(CC)n1c(N)nc2ccc(F)c(F)c21. The van der Waals surface area contributed by atoms with Crippen molar-refractivity contribution in [3.05, 3.63) is 23.8 Å². The number of benzene rings is 1. The molecule has 0 amide bonds. The summed E-state index contributed by atoms with van der Waals surface area (Å²) in [5.41, 5.74) is 6.42. The van der Waals surface area contributed by atoms with Gasteiger partial charge in [-0.15, -0.1) is 0 Å². The van der Waals surface area contributed by atoms with E-state index in [2.05, 4.69) is 11.9 Å². The van der Waals surface area contributed by atoms with Crippen LogP contribution in [0.1, 0.15) is 39.2 Å². The lowest BCUT2D eigenvalue weighted by Gasteiger charge is -2.18. The fourth-order valence-corrected chi connectivity index (χ4v) is 2.36. The fourth-order valence-electron chi connectivity index (χ4n) is 2.36. The van der Waals surface area contributed by atoms with Crippen LogP contribution in [-0.4, -0.2) is 9.55 Å². The molecule has 0 spiro atoms. The van der Waals surface area contributed by atoms with Crippen LogP contribution >= 0.6 is 0 Å². The van der Waals surface area contributed by atoms with Gasteiger partial charge >= 0.3 is 0 Å². The first kappa shape index (κ1) is 12.8. The summed E-state index contributed by atoms with van der Waals surface area (Å²) in [6.07, 6.45) is 2.62. The number of nitrogen functional groups attached to an aromatic ring is 1. The monoisotopic (exact) mass is 253 g/mol. The van der Waals surface area contributed by atoms with Crippen molar-refractivity contribution in [1.82, 2.24) is 9.55 Å². The summed E-state index contributed by atoms with van der Waals surface area (Å²) in [6, 6.07) is 2.59. The van der Waals surface area contributed by atoms with Gasteiger partial charge in [0.05, 0.1) is 5.52 Å². The van der Waals surface area contributed by atoms with Crippen LogP contribution in [0.3, 0.4) is 0 Å². The Kier molecular flexibility index (Phi) is 3.50. The zero-order valence-corrected chi connectivity index (χ0v) is 10.6. The average Bonchev–Trinajstić information content (AvgIpc) is 2.68.